The molecule has 2 N–H and O–H groups in total. The van der Waals surface area contributed by atoms with Crippen molar-refractivity contribution in [2.45, 2.75) is 26.7 Å². The van der Waals surface area contributed by atoms with Gasteiger partial charge < -0.3 is 15.2 Å². The maximum Gasteiger partial charge on any atom is 0.267 e. The third kappa shape index (κ3) is 4.84. The summed E-state index contributed by atoms with van der Waals surface area (Å²) >= 11 is 0. The minimum Gasteiger partial charge on any atom is -0.350 e. The second kappa shape index (κ2) is 9.20. The highest BCUT2D eigenvalue weighted by molar-refractivity contribution is 5.92. The molecule has 1 amide bonds. The van der Waals surface area contributed by atoms with Gasteiger partial charge in [-0.15, -0.1) is 0 Å². The molecular formula is C17H28N4O. The van der Waals surface area contributed by atoms with E-state index in [0.29, 0.717) is 18.2 Å². The fourth-order valence-corrected chi connectivity index (χ4v) is 2.34. The zero-order chi connectivity index (χ0) is 16.5. The van der Waals surface area contributed by atoms with Gasteiger partial charge in [-0.25, -0.2) is 0 Å². The van der Waals surface area contributed by atoms with Gasteiger partial charge in [0, 0.05) is 19.8 Å². The Morgan fingerprint density at radius 3 is 2.86 bits per heavy atom. The fraction of sp³-hybridized carbons (Fsp3) is 0.529. The molecule has 5 heteroatoms. The van der Waals surface area contributed by atoms with Crippen LogP contribution in [0.25, 0.3) is 12.8 Å². The minimum absolute atomic E-state index is 0.0598. The Labute approximate surface area is 132 Å². The number of aliphatic imine (C=N–C) groups is 1. The van der Waals surface area contributed by atoms with Crippen LogP contribution in [0.2, 0.25) is 0 Å². The molecule has 1 aromatic rings. The molecule has 1 rings (SSSR count). The summed E-state index contributed by atoms with van der Waals surface area (Å²) < 4.78 is 1.83. The summed E-state index contributed by atoms with van der Waals surface area (Å²) in [6.07, 6.45) is 5.55. The van der Waals surface area contributed by atoms with Crippen LogP contribution in [-0.4, -0.2) is 36.8 Å². The molecule has 0 saturated carbocycles. The number of hydrogen-bond donors (Lipinski definition) is 2. The van der Waals surface area contributed by atoms with Gasteiger partial charge in [0.25, 0.3) is 5.91 Å². The van der Waals surface area contributed by atoms with Crippen molar-refractivity contribution in [1.29, 1.82) is 0 Å². The monoisotopic (exact) mass is 304 g/mol. The predicted molar refractivity (Wildman–Crippen MR) is 93.5 cm³/mol. The number of hydrogen-bond acceptors (Lipinski definition) is 3. The van der Waals surface area contributed by atoms with E-state index in [1.165, 1.54) is 0 Å². The van der Waals surface area contributed by atoms with Crippen LogP contribution in [-0.2, 0) is 7.05 Å². The van der Waals surface area contributed by atoms with Crippen molar-refractivity contribution < 1.29 is 4.79 Å². The number of amides is 1. The van der Waals surface area contributed by atoms with Gasteiger partial charge in [0.15, 0.2) is 0 Å². The van der Waals surface area contributed by atoms with Crippen LogP contribution in [0.15, 0.2) is 11.1 Å². The van der Waals surface area contributed by atoms with E-state index < -0.39 is 0 Å². The molecule has 0 radical (unpaired) electrons. The topological polar surface area (TPSA) is 58.4 Å². The third-order valence-electron chi connectivity index (χ3n) is 3.87. The van der Waals surface area contributed by atoms with E-state index in [2.05, 4.69) is 29.1 Å². The van der Waals surface area contributed by atoms with Crippen molar-refractivity contribution in [3.63, 3.8) is 0 Å². The Hall–Kier alpha value is -1.88. The van der Waals surface area contributed by atoms with Crippen LogP contribution in [0, 0.1) is 5.92 Å². The van der Waals surface area contributed by atoms with Crippen LogP contribution in [0.3, 0.4) is 0 Å². The largest absolute Gasteiger partial charge is 0.350 e. The van der Waals surface area contributed by atoms with E-state index in [1.807, 2.05) is 25.6 Å². The lowest BCUT2D eigenvalue weighted by Crippen LogP contribution is -2.33. The highest BCUT2D eigenvalue weighted by Gasteiger charge is 2.13. The van der Waals surface area contributed by atoms with Crippen molar-refractivity contribution in [1.82, 2.24) is 15.2 Å². The molecule has 5 nitrogen and oxygen atoms in total. The molecule has 0 saturated heterocycles. The van der Waals surface area contributed by atoms with Gasteiger partial charge >= 0.3 is 0 Å². The molecule has 1 aromatic heterocycles. The quantitative estimate of drug-likeness (QED) is 0.692. The maximum absolute atomic E-state index is 12.4. The van der Waals surface area contributed by atoms with Gasteiger partial charge in [-0.1, -0.05) is 19.9 Å². The molecular weight excluding hydrogens is 276 g/mol. The van der Waals surface area contributed by atoms with E-state index in [4.69, 9.17) is 0 Å². The molecule has 0 aliphatic carbocycles. The summed E-state index contributed by atoms with van der Waals surface area (Å²) in [6.45, 7) is 9.64. The Morgan fingerprint density at radius 1 is 1.55 bits per heavy atom. The van der Waals surface area contributed by atoms with E-state index >= 15 is 0 Å². The Bertz CT molecular complexity index is 615. The van der Waals surface area contributed by atoms with Gasteiger partial charge in [0.05, 0.1) is 11.5 Å². The van der Waals surface area contributed by atoms with E-state index in [-0.39, 0.29) is 5.91 Å². The van der Waals surface area contributed by atoms with Crippen LogP contribution in [0.5, 0.6) is 0 Å². The fourth-order valence-electron chi connectivity index (χ4n) is 2.34. The summed E-state index contributed by atoms with van der Waals surface area (Å²) in [6, 6.07) is 1.81. The van der Waals surface area contributed by atoms with E-state index in [0.717, 1.165) is 30.0 Å². The summed E-state index contributed by atoms with van der Waals surface area (Å²) in [5.74, 6) is 0.432. The first-order valence-corrected chi connectivity index (χ1v) is 7.80. The molecule has 0 spiro atoms. The molecule has 22 heavy (non-hydrogen) atoms. The van der Waals surface area contributed by atoms with Crippen molar-refractivity contribution in [3.05, 3.63) is 22.3 Å². The zero-order valence-corrected chi connectivity index (χ0v) is 14.1. The Morgan fingerprint density at radius 2 is 2.27 bits per heavy atom. The van der Waals surface area contributed by atoms with Gasteiger partial charge in [-0.3, -0.25) is 9.79 Å². The lowest BCUT2D eigenvalue weighted by Gasteiger charge is -2.15. The molecule has 0 aliphatic rings. The molecule has 0 fully saturated rings. The number of aromatic nitrogens is 1. The standard InChI is InChI=1S/C17H28N4O/c1-6-14(8-9-18-4)11-20-17(22)15-10-13(3)16(21(15)5)12-19-7-2/h7,10,12,14,18H,3,6,8-9,11H2,1-2,4-5H3,(H,20,22)/b16-12+,19-7-. The first-order chi connectivity index (χ1) is 10.5. The second-order valence-electron chi connectivity index (χ2n) is 5.41. The second-order valence-corrected chi connectivity index (χ2v) is 5.41. The Balaban J connectivity index is 2.80. The molecule has 0 aromatic carbocycles. The molecule has 1 unspecified atom stereocenters. The van der Waals surface area contributed by atoms with Crippen LogP contribution >= 0.6 is 0 Å². The predicted octanol–water partition coefficient (Wildman–Crippen LogP) is 0.630. The average Bonchev–Trinajstić information content (AvgIpc) is 2.80. The smallest absolute Gasteiger partial charge is 0.267 e. The Kier molecular flexibility index (Phi) is 7.60. The lowest BCUT2D eigenvalue weighted by molar-refractivity contribution is 0.0937. The van der Waals surface area contributed by atoms with Gasteiger partial charge in [-0.2, -0.15) is 0 Å². The number of carbonyl (C=O) groups excluding carboxylic acids is 1. The van der Waals surface area contributed by atoms with Gasteiger partial charge in [0.1, 0.15) is 5.69 Å². The highest BCUT2D eigenvalue weighted by Crippen LogP contribution is 2.06. The summed E-state index contributed by atoms with van der Waals surface area (Å²) in [4.78, 5) is 16.5. The highest BCUT2D eigenvalue weighted by atomic mass is 16.1. The number of rotatable bonds is 8. The van der Waals surface area contributed by atoms with Crippen LogP contribution in [0.1, 0.15) is 37.2 Å². The van der Waals surface area contributed by atoms with Crippen molar-refractivity contribution in [2.24, 2.45) is 18.0 Å². The molecule has 122 valence electrons. The number of carbonyl (C=O) groups is 1. The molecule has 0 aliphatic heterocycles. The van der Waals surface area contributed by atoms with Gasteiger partial charge in [0.2, 0.25) is 0 Å². The van der Waals surface area contributed by atoms with Crippen molar-refractivity contribution in [3.8, 4) is 0 Å². The zero-order valence-electron chi connectivity index (χ0n) is 14.1. The number of nitrogens with one attached hydrogen (secondary N) is 2. The lowest BCUT2D eigenvalue weighted by atomic mass is 10.0. The van der Waals surface area contributed by atoms with Gasteiger partial charge in [-0.05, 0) is 44.1 Å². The van der Waals surface area contributed by atoms with Crippen molar-refractivity contribution >= 4 is 24.9 Å². The molecule has 1 atom stereocenters. The minimum atomic E-state index is -0.0598. The maximum atomic E-state index is 12.4. The average molecular weight is 304 g/mol. The van der Waals surface area contributed by atoms with E-state index in [1.54, 1.807) is 18.5 Å². The third-order valence-corrected chi connectivity index (χ3v) is 3.87. The van der Waals surface area contributed by atoms with Crippen LogP contribution in [0.4, 0.5) is 0 Å². The van der Waals surface area contributed by atoms with Crippen molar-refractivity contribution in [2.75, 3.05) is 20.1 Å². The normalized spacial score (nSPS) is 13.7. The summed E-state index contributed by atoms with van der Waals surface area (Å²) in [7, 11) is 3.81. The first-order valence-electron chi connectivity index (χ1n) is 7.80. The summed E-state index contributed by atoms with van der Waals surface area (Å²) in [5.41, 5.74) is 0.617. The molecule has 0 bridgehead atoms. The summed E-state index contributed by atoms with van der Waals surface area (Å²) in [5, 5.41) is 7.84. The first kappa shape index (κ1) is 18.2. The van der Waals surface area contributed by atoms with Crippen LogP contribution < -0.4 is 21.2 Å². The molecule has 1 heterocycles. The number of nitrogens with zero attached hydrogens (tertiary/aromatic N) is 2. The van der Waals surface area contributed by atoms with E-state index in [9.17, 15) is 4.79 Å². The SMILES string of the molecule is C=c1cc(C(=O)NCC(CC)CCNC)n(C)/c1=C/N=C\C.